The smallest absolute Gasteiger partial charge is 0.102 e. The van der Waals surface area contributed by atoms with Crippen LogP contribution in [0.15, 0.2) is 286 Å². The van der Waals surface area contributed by atoms with E-state index in [-0.39, 0.29) is 33.4 Å². The summed E-state index contributed by atoms with van der Waals surface area (Å²) in [5.74, 6) is 0. The van der Waals surface area contributed by atoms with E-state index in [1.807, 2.05) is 91.8 Å². The van der Waals surface area contributed by atoms with E-state index >= 15 is 0 Å². The molecule has 11 nitrogen and oxygen atoms in total. The first-order valence-corrected chi connectivity index (χ1v) is 31.5. The van der Waals surface area contributed by atoms with Gasteiger partial charge in [-0.25, -0.2) is 0 Å². The maximum Gasteiger partial charge on any atom is 0.102 e. The molecule has 0 saturated carbocycles. The number of nitrogens with zero attached hydrogens (tertiary/aromatic N) is 11. The summed E-state index contributed by atoms with van der Waals surface area (Å²) in [7, 11) is 0. The molecule has 0 aliphatic rings. The molecule has 11 heteroatoms. The Bertz CT molecular complexity index is 6110. The van der Waals surface area contributed by atoms with Crippen LogP contribution in [0.4, 0.5) is 0 Å². The fourth-order valence-electron chi connectivity index (χ4n) is 14.7. The van der Waals surface area contributed by atoms with Gasteiger partial charge in [-0.05, 0) is 145 Å². The Morgan fingerprint density at radius 3 is 0.722 bits per heavy atom. The first-order valence-electron chi connectivity index (χ1n) is 31.5. The number of nitriles is 5. The molecule has 17 aromatic rings. The predicted molar refractivity (Wildman–Crippen MR) is 384 cm³/mol. The van der Waals surface area contributed by atoms with Crippen molar-refractivity contribution >= 4 is 65.4 Å². The van der Waals surface area contributed by atoms with Crippen molar-refractivity contribution in [3.63, 3.8) is 0 Å². The summed E-state index contributed by atoms with van der Waals surface area (Å²) in [6, 6.07) is 97.0. The minimum atomic E-state index is -0.311. The van der Waals surface area contributed by atoms with Gasteiger partial charge in [-0.3, -0.25) is 15.0 Å². The summed E-state index contributed by atoms with van der Waals surface area (Å²) < 4.78 is 6.81. The lowest BCUT2D eigenvalue weighted by molar-refractivity contribution is 1.16. The number of rotatable bonds is 10. The molecule has 11 aromatic carbocycles. The number of hydrogen-bond acceptors (Lipinski definition) is 8. The van der Waals surface area contributed by atoms with Crippen molar-refractivity contribution in [3.05, 3.63) is 314 Å². The highest BCUT2D eigenvalue weighted by molar-refractivity contribution is 6.17. The summed E-state index contributed by atoms with van der Waals surface area (Å²) in [5, 5.41) is 59.8. The molecule has 0 aliphatic carbocycles. The van der Waals surface area contributed by atoms with Gasteiger partial charge in [-0.2, -0.15) is 26.3 Å². The van der Waals surface area contributed by atoms with E-state index in [2.05, 4.69) is 253 Å². The third-order valence-electron chi connectivity index (χ3n) is 18.8. The molecule has 0 saturated heterocycles. The molecule has 0 N–H and O–H groups in total. The number of fused-ring (bicyclic) bond motifs is 9. The zero-order valence-corrected chi connectivity index (χ0v) is 51.6. The Kier molecular flexibility index (Phi) is 13.5. The third-order valence-corrected chi connectivity index (χ3v) is 18.8. The van der Waals surface area contributed by atoms with Gasteiger partial charge in [-0.15, -0.1) is 0 Å². The minimum Gasteiger partial charge on any atom is -0.308 e. The third kappa shape index (κ3) is 8.89. The van der Waals surface area contributed by atoms with Crippen LogP contribution in [0.1, 0.15) is 27.8 Å². The highest BCUT2D eigenvalue weighted by Crippen LogP contribution is 2.57. The first kappa shape index (κ1) is 56.7. The van der Waals surface area contributed by atoms with E-state index in [0.29, 0.717) is 5.56 Å². The van der Waals surface area contributed by atoms with E-state index in [1.165, 1.54) is 0 Å². The molecule has 0 aliphatic heterocycles. The molecule has 446 valence electrons. The standard InChI is InChI=1S/C86H47N11/c87-45-69-70(46-88)72(48-90)80(73(49-91)71(69)47-89)55-23-25-56(26-24-55)83-84(57-27-33-60(34-28-57)95-74-20-10-7-17-63(74)66-39-42-92-50-77(66)95)81(53-13-3-1-4-14-53)82(54-15-5-2-6-16-54)85(58-29-35-61(36-30-58)96-75-21-11-8-18-64(75)67-40-43-93-51-78(67)96)86(83)59-31-37-62(38-32-59)97-76-22-12-9-19-65(76)68-41-44-94-52-79(68)97/h1-44,50-52H. The number of para-hydroxylation sites is 3. The number of pyridine rings is 3. The van der Waals surface area contributed by atoms with Gasteiger partial charge in [-0.1, -0.05) is 176 Å². The van der Waals surface area contributed by atoms with E-state index < -0.39 is 0 Å². The number of aromatic nitrogens is 6. The summed E-state index contributed by atoms with van der Waals surface area (Å²) in [5.41, 5.74) is 19.4. The van der Waals surface area contributed by atoms with Gasteiger partial charge in [0.15, 0.2) is 0 Å². The summed E-state index contributed by atoms with van der Waals surface area (Å²) in [4.78, 5) is 13.9. The van der Waals surface area contributed by atoms with Crippen molar-refractivity contribution < 1.29 is 0 Å². The van der Waals surface area contributed by atoms with Crippen molar-refractivity contribution in [2.24, 2.45) is 0 Å². The Balaban J connectivity index is 1.01. The van der Waals surface area contributed by atoms with E-state index in [0.717, 1.165) is 149 Å². The lowest BCUT2D eigenvalue weighted by atomic mass is 9.74. The van der Waals surface area contributed by atoms with Gasteiger partial charge in [0.25, 0.3) is 0 Å². The second-order valence-corrected chi connectivity index (χ2v) is 23.7. The summed E-state index contributed by atoms with van der Waals surface area (Å²) in [6.07, 6.45) is 11.3. The Hall–Kier alpha value is -14.3. The summed E-state index contributed by atoms with van der Waals surface area (Å²) in [6.45, 7) is 0. The maximum absolute atomic E-state index is 10.9. The van der Waals surface area contributed by atoms with E-state index in [1.54, 1.807) is 0 Å². The van der Waals surface area contributed by atoms with Gasteiger partial charge < -0.3 is 13.7 Å². The topological polar surface area (TPSA) is 172 Å². The minimum absolute atomic E-state index is 0.0972. The van der Waals surface area contributed by atoms with Crippen molar-refractivity contribution in [2.45, 2.75) is 0 Å². The van der Waals surface area contributed by atoms with Crippen LogP contribution in [0.3, 0.4) is 0 Å². The van der Waals surface area contributed by atoms with Crippen LogP contribution in [0.2, 0.25) is 0 Å². The highest BCUT2D eigenvalue weighted by atomic mass is 15.0. The van der Waals surface area contributed by atoms with Crippen LogP contribution in [0.25, 0.3) is 160 Å². The number of hydrogen-bond donors (Lipinski definition) is 0. The molecule has 0 fully saturated rings. The molecule has 0 unspecified atom stereocenters. The Morgan fingerprint density at radius 2 is 0.433 bits per heavy atom. The molecule has 17 rings (SSSR count). The number of benzene rings is 11. The fourth-order valence-corrected chi connectivity index (χ4v) is 14.7. The van der Waals surface area contributed by atoms with Crippen molar-refractivity contribution in [1.29, 1.82) is 26.3 Å². The normalized spacial score (nSPS) is 11.2. The van der Waals surface area contributed by atoms with E-state index in [4.69, 9.17) is 0 Å². The van der Waals surface area contributed by atoms with Gasteiger partial charge in [0.05, 0.1) is 79.5 Å². The van der Waals surface area contributed by atoms with Crippen LogP contribution in [-0.4, -0.2) is 28.7 Å². The molecule has 0 atom stereocenters. The molecule has 0 bridgehead atoms. The van der Waals surface area contributed by atoms with Crippen LogP contribution in [0.5, 0.6) is 0 Å². The van der Waals surface area contributed by atoms with Crippen LogP contribution in [0, 0.1) is 56.7 Å². The van der Waals surface area contributed by atoms with Gasteiger partial charge in [0.1, 0.15) is 30.3 Å². The van der Waals surface area contributed by atoms with E-state index in [9.17, 15) is 26.3 Å². The monoisotopic (exact) mass is 1230 g/mol. The van der Waals surface area contributed by atoms with Crippen LogP contribution < -0.4 is 0 Å². The Morgan fingerprint density at radius 1 is 0.206 bits per heavy atom. The Labute approximate surface area is 556 Å². The zero-order valence-electron chi connectivity index (χ0n) is 51.6. The predicted octanol–water partition coefficient (Wildman–Crippen LogP) is 20.2. The van der Waals surface area contributed by atoms with Crippen molar-refractivity contribution in [2.75, 3.05) is 0 Å². The lowest BCUT2D eigenvalue weighted by Crippen LogP contribution is -2.04. The summed E-state index contributed by atoms with van der Waals surface area (Å²) >= 11 is 0. The quantitative estimate of drug-likeness (QED) is 0.130. The average molecular weight is 1230 g/mol. The highest BCUT2D eigenvalue weighted by Gasteiger charge is 2.31. The van der Waals surface area contributed by atoms with Gasteiger partial charge in [0.2, 0.25) is 0 Å². The van der Waals surface area contributed by atoms with Crippen LogP contribution in [-0.2, 0) is 0 Å². The largest absolute Gasteiger partial charge is 0.308 e. The second kappa shape index (κ2) is 23.1. The SMILES string of the molecule is N#Cc1c(C#N)c(C#N)c(-c2ccc(-c3c(-c4ccc(-n5c6ccccc6c6ccncc65)cc4)c(-c4ccccc4)c(-c4ccccc4)c(-c4ccc(-n5c6ccccc6c6ccncc65)cc4)c3-c3ccc(-n4c5ccccc5c5ccncc54)cc3)cc2)c(C#N)c1C#N. The molecule has 6 heterocycles. The second-order valence-electron chi connectivity index (χ2n) is 23.7. The first-order chi connectivity index (χ1) is 48.0. The molecule has 0 spiro atoms. The van der Waals surface area contributed by atoms with Crippen molar-refractivity contribution in [1.82, 2.24) is 28.7 Å². The molecule has 97 heavy (non-hydrogen) atoms. The zero-order chi connectivity index (χ0) is 65.3. The molecule has 0 radical (unpaired) electrons. The average Bonchev–Trinajstić information content (AvgIpc) is 1.63. The van der Waals surface area contributed by atoms with Gasteiger partial charge >= 0.3 is 0 Å². The lowest BCUT2D eigenvalue weighted by Gasteiger charge is -2.29. The molecule has 0 amide bonds. The fraction of sp³-hybridized carbons (Fsp3) is 0. The van der Waals surface area contributed by atoms with Crippen molar-refractivity contribution in [3.8, 4) is 125 Å². The molecular weight excluding hydrogens is 1190 g/mol. The maximum atomic E-state index is 10.9. The molecular formula is C86H47N11. The van der Waals surface area contributed by atoms with Crippen LogP contribution >= 0.6 is 0 Å². The van der Waals surface area contributed by atoms with Gasteiger partial charge in [0, 0.05) is 73.5 Å². The molecule has 6 aromatic heterocycles.